The van der Waals surface area contributed by atoms with Crippen LogP contribution in [-0.2, 0) is 19.1 Å². The van der Waals surface area contributed by atoms with Gasteiger partial charge in [-0.25, -0.2) is 9.59 Å². The molecule has 0 aliphatic carbocycles. The Bertz CT molecular complexity index is 280. The number of carbonyl (C=O) groups is 2. The molecule has 5 nitrogen and oxygen atoms in total. The molecule has 0 radical (unpaired) electrons. The predicted octanol–water partition coefficient (Wildman–Crippen LogP) is 0.815. The van der Waals surface area contributed by atoms with Crippen LogP contribution < -0.4 is 5.32 Å². The predicted molar refractivity (Wildman–Crippen MR) is 64.4 cm³/mol. The number of rotatable bonds is 8. The van der Waals surface area contributed by atoms with Gasteiger partial charge in [-0.15, -0.1) is 0 Å². The SMILES string of the molecule is C=C(CNCC(=C)C(=O)OCC)C(=O)OCC. The highest BCUT2D eigenvalue weighted by Gasteiger charge is 2.10. The molecule has 0 spiro atoms. The lowest BCUT2D eigenvalue weighted by atomic mass is 10.2. The van der Waals surface area contributed by atoms with E-state index in [2.05, 4.69) is 18.5 Å². The summed E-state index contributed by atoms with van der Waals surface area (Å²) in [6, 6.07) is 0. The standard InChI is InChI=1S/C12H19NO4/c1-5-16-11(14)9(3)7-13-8-10(4)12(15)17-6-2/h13H,3-8H2,1-2H3. The van der Waals surface area contributed by atoms with Crippen molar-refractivity contribution in [1.82, 2.24) is 5.32 Å². The minimum absolute atomic E-state index is 0.247. The van der Waals surface area contributed by atoms with E-state index >= 15 is 0 Å². The highest BCUT2D eigenvalue weighted by atomic mass is 16.5. The fourth-order valence-electron chi connectivity index (χ4n) is 0.975. The highest BCUT2D eigenvalue weighted by molar-refractivity contribution is 5.89. The molecular weight excluding hydrogens is 222 g/mol. The average Bonchev–Trinajstić information content (AvgIpc) is 2.29. The quantitative estimate of drug-likeness (QED) is 0.503. The second-order valence-electron chi connectivity index (χ2n) is 3.25. The number of hydrogen-bond donors (Lipinski definition) is 1. The molecule has 0 rings (SSSR count). The maximum atomic E-state index is 11.2. The van der Waals surface area contributed by atoms with Gasteiger partial charge >= 0.3 is 11.9 Å². The second-order valence-corrected chi connectivity index (χ2v) is 3.25. The summed E-state index contributed by atoms with van der Waals surface area (Å²) in [5.74, 6) is -0.886. The van der Waals surface area contributed by atoms with E-state index in [1.54, 1.807) is 13.8 Å². The van der Waals surface area contributed by atoms with Crippen LogP contribution in [0.3, 0.4) is 0 Å². The lowest BCUT2D eigenvalue weighted by Crippen LogP contribution is -2.26. The Balaban J connectivity index is 3.84. The summed E-state index contributed by atoms with van der Waals surface area (Å²) in [5.41, 5.74) is 0.618. The molecule has 5 heteroatoms. The van der Waals surface area contributed by atoms with Crippen molar-refractivity contribution >= 4 is 11.9 Å². The molecule has 0 aliphatic heterocycles. The van der Waals surface area contributed by atoms with Crippen molar-refractivity contribution in [2.75, 3.05) is 26.3 Å². The van der Waals surface area contributed by atoms with E-state index in [4.69, 9.17) is 9.47 Å². The van der Waals surface area contributed by atoms with Crippen LogP contribution in [0.15, 0.2) is 24.3 Å². The first kappa shape index (κ1) is 15.4. The van der Waals surface area contributed by atoms with E-state index in [0.717, 1.165) is 0 Å². The Labute approximate surface area is 101 Å². The van der Waals surface area contributed by atoms with Crippen molar-refractivity contribution in [3.8, 4) is 0 Å². The van der Waals surface area contributed by atoms with Crippen molar-refractivity contribution in [1.29, 1.82) is 0 Å². The van der Waals surface area contributed by atoms with Crippen molar-refractivity contribution in [2.24, 2.45) is 0 Å². The van der Waals surface area contributed by atoms with E-state index in [0.29, 0.717) is 24.4 Å². The van der Waals surface area contributed by atoms with Crippen LogP contribution in [0.4, 0.5) is 0 Å². The molecule has 0 bridgehead atoms. The molecule has 0 aliphatic rings. The molecule has 0 aromatic rings. The molecular formula is C12H19NO4. The molecule has 0 aromatic heterocycles. The first-order valence-electron chi connectivity index (χ1n) is 5.43. The molecule has 0 unspecified atom stereocenters. The fraction of sp³-hybridized carbons (Fsp3) is 0.500. The molecule has 0 heterocycles. The normalized spacial score (nSPS) is 9.53. The van der Waals surface area contributed by atoms with Gasteiger partial charge in [0, 0.05) is 24.2 Å². The summed E-state index contributed by atoms with van der Waals surface area (Å²) < 4.78 is 9.51. The van der Waals surface area contributed by atoms with Crippen molar-refractivity contribution in [2.45, 2.75) is 13.8 Å². The van der Waals surface area contributed by atoms with Gasteiger partial charge in [0.15, 0.2) is 0 Å². The molecule has 0 fully saturated rings. The monoisotopic (exact) mass is 241 g/mol. The van der Waals surface area contributed by atoms with Crippen molar-refractivity contribution in [3.05, 3.63) is 24.3 Å². The molecule has 96 valence electrons. The summed E-state index contributed by atoms with van der Waals surface area (Å²) in [5, 5.41) is 2.86. The highest BCUT2D eigenvalue weighted by Crippen LogP contribution is 1.96. The van der Waals surface area contributed by atoms with E-state index < -0.39 is 11.9 Å². The number of esters is 2. The number of hydrogen-bond acceptors (Lipinski definition) is 5. The van der Waals surface area contributed by atoms with Crippen molar-refractivity contribution in [3.63, 3.8) is 0 Å². The van der Waals surface area contributed by atoms with Gasteiger partial charge < -0.3 is 14.8 Å². The smallest absolute Gasteiger partial charge is 0.334 e. The van der Waals surface area contributed by atoms with Crippen LogP contribution in [0.25, 0.3) is 0 Å². The van der Waals surface area contributed by atoms with Gasteiger partial charge in [-0.2, -0.15) is 0 Å². The first-order valence-corrected chi connectivity index (χ1v) is 5.43. The van der Waals surface area contributed by atoms with Gasteiger partial charge in [0.2, 0.25) is 0 Å². The topological polar surface area (TPSA) is 64.6 Å². The van der Waals surface area contributed by atoms with Gasteiger partial charge in [-0.05, 0) is 13.8 Å². The molecule has 0 saturated carbocycles. The molecule has 0 amide bonds. The zero-order chi connectivity index (χ0) is 13.3. The first-order chi connectivity index (χ1) is 8.02. The van der Waals surface area contributed by atoms with Gasteiger partial charge in [-0.1, -0.05) is 13.2 Å². The van der Waals surface area contributed by atoms with Crippen LogP contribution in [0, 0.1) is 0 Å². The summed E-state index contributed by atoms with van der Waals surface area (Å²) in [7, 11) is 0. The zero-order valence-corrected chi connectivity index (χ0v) is 10.4. The van der Waals surface area contributed by atoms with E-state index in [-0.39, 0.29) is 13.1 Å². The van der Waals surface area contributed by atoms with Crippen LogP contribution in [0.2, 0.25) is 0 Å². The van der Waals surface area contributed by atoms with Crippen LogP contribution in [0.5, 0.6) is 0 Å². The Morgan fingerprint density at radius 2 is 1.29 bits per heavy atom. The van der Waals surface area contributed by atoms with Crippen LogP contribution in [0.1, 0.15) is 13.8 Å². The number of ether oxygens (including phenoxy) is 2. The maximum absolute atomic E-state index is 11.2. The van der Waals surface area contributed by atoms with Crippen LogP contribution >= 0.6 is 0 Å². The van der Waals surface area contributed by atoms with Gasteiger partial charge in [0.1, 0.15) is 0 Å². The van der Waals surface area contributed by atoms with E-state index in [1.807, 2.05) is 0 Å². The Morgan fingerprint density at radius 1 is 0.941 bits per heavy atom. The largest absolute Gasteiger partial charge is 0.463 e. The minimum atomic E-state index is -0.443. The molecule has 1 N–H and O–H groups in total. The van der Waals surface area contributed by atoms with Crippen molar-refractivity contribution < 1.29 is 19.1 Å². The zero-order valence-electron chi connectivity index (χ0n) is 10.4. The summed E-state index contributed by atoms with van der Waals surface area (Å²) >= 11 is 0. The van der Waals surface area contributed by atoms with Gasteiger partial charge in [0.25, 0.3) is 0 Å². The third-order valence-corrected chi connectivity index (χ3v) is 1.80. The number of carbonyl (C=O) groups excluding carboxylic acids is 2. The van der Waals surface area contributed by atoms with E-state index in [9.17, 15) is 9.59 Å². The lowest BCUT2D eigenvalue weighted by Gasteiger charge is -2.08. The summed E-state index contributed by atoms with van der Waals surface area (Å²) in [6.07, 6.45) is 0. The maximum Gasteiger partial charge on any atom is 0.334 e. The number of nitrogens with one attached hydrogen (secondary N) is 1. The Hall–Kier alpha value is -1.62. The minimum Gasteiger partial charge on any atom is -0.463 e. The molecule has 0 aromatic carbocycles. The molecule has 17 heavy (non-hydrogen) atoms. The Kier molecular flexibility index (Phi) is 7.71. The van der Waals surface area contributed by atoms with Gasteiger partial charge in [-0.3, -0.25) is 0 Å². The van der Waals surface area contributed by atoms with E-state index in [1.165, 1.54) is 0 Å². The fourth-order valence-corrected chi connectivity index (χ4v) is 0.975. The second kappa shape index (κ2) is 8.52. The lowest BCUT2D eigenvalue weighted by molar-refractivity contribution is -0.139. The summed E-state index contributed by atoms with van der Waals surface area (Å²) in [4.78, 5) is 22.4. The molecule has 0 atom stereocenters. The molecule has 0 saturated heterocycles. The van der Waals surface area contributed by atoms with Crippen LogP contribution in [-0.4, -0.2) is 38.2 Å². The Morgan fingerprint density at radius 3 is 1.59 bits per heavy atom. The van der Waals surface area contributed by atoms with Gasteiger partial charge in [0.05, 0.1) is 13.2 Å². The average molecular weight is 241 g/mol. The third kappa shape index (κ3) is 6.52. The third-order valence-electron chi connectivity index (χ3n) is 1.80. The summed E-state index contributed by atoms with van der Waals surface area (Å²) in [6.45, 7) is 11.7.